The fourth-order valence-electron chi connectivity index (χ4n) is 7.71. The second-order valence-corrected chi connectivity index (χ2v) is 17.0. The van der Waals surface area contributed by atoms with Gasteiger partial charge in [0.15, 0.2) is 0 Å². The molecule has 0 spiro atoms. The maximum Gasteiger partial charge on any atom is 4.00 e. The number of halogens is 2. The molecular formula is C42H34Cl2SiTi. The van der Waals surface area contributed by atoms with Crippen molar-refractivity contribution in [2.45, 2.75) is 26.9 Å². The summed E-state index contributed by atoms with van der Waals surface area (Å²) in [7, 11) is -2.22. The SMILES string of the molecule is Cc1[cH-]c2cccc([Si](C)(C)c3cccc4[cH-]c(C)c(-c5cccc6ccccc56)c34)c2c1-c1cccc2ccccc12.[Cl-].[Cl-].[Ti+4]. The fraction of sp³-hybridized carbons (Fsp3) is 0.0952. The first-order valence-electron chi connectivity index (χ1n) is 15.3. The standard InChI is InChI=1S/C42H34Si.2ClH.Ti/c1-27-25-31-17-11-23-37(41(31)39(27)35-21-9-15-29-13-5-7-19-33(29)35)43(3,4)38-24-12-18-32-26-28(2)40(42(32)38)36-22-10-16-30-14-6-8-20-34(30)36;;;/h5-26H,1-4H3;2*1H;/q-2;;;+4/p-2. The summed E-state index contributed by atoms with van der Waals surface area (Å²) in [5.41, 5.74) is 8.15. The molecule has 0 heterocycles. The quantitative estimate of drug-likeness (QED) is 0.189. The van der Waals surface area contributed by atoms with Crippen LogP contribution in [0.3, 0.4) is 0 Å². The number of fused-ring (bicyclic) bond motifs is 4. The molecular weight excluding hydrogens is 651 g/mol. The molecule has 224 valence electrons. The average Bonchev–Trinajstić information content (AvgIpc) is 3.55. The summed E-state index contributed by atoms with van der Waals surface area (Å²) >= 11 is 0. The molecule has 0 radical (unpaired) electrons. The Kier molecular flexibility index (Phi) is 9.58. The smallest absolute Gasteiger partial charge is 1.00 e. The second kappa shape index (κ2) is 13.0. The van der Waals surface area contributed by atoms with Crippen LogP contribution in [0.1, 0.15) is 11.1 Å². The maximum absolute atomic E-state index is 2.56. The molecule has 0 aliphatic rings. The van der Waals surface area contributed by atoms with Crippen molar-refractivity contribution in [3.63, 3.8) is 0 Å². The third kappa shape index (κ3) is 5.20. The van der Waals surface area contributed by atoms with Gasteiger partial charge in [-0.15, -0.1) is 80.2 Å². The third-order valence-corrected chi connectivity index (χ3v) is 13.2. The van der Waals surface area contributed by atoms with E-state index in [2.05, 4.69) is 160 Å². The Morgan fingerprint density at radius 1 is 0.457 bits per heavy atom. The zero-order valence-corrected chi connectivity index (χ0v) is 30.5. The van der Waals surface area contributed by atoms with Gasteiger partial charge in [0.1, 0.15) is 0 Å². The number of hydrogen-bond acceptors (Lipinski definition) is 0. The molecule has 0 saturated carbocycles. The van der Waals surface area contributed by atoms with Crippen LogP contribution in [-0.2, 0) is 21.7 Å². The van der Waals surface area contributed by atoms with Crippen molar-refractivity contribution < 1.29 is 46.5 Å². The Hall–Kier alpha value is -3.43. The van der Waals surface area contributed by atoms with Crippen molar-refractivity contribution in [2.24, 2.45) is 0 Å². The Bertz CT molecular complexity index is 2180. The first-order valence-corrected chi connectivity index (χ1v) is 18.3. The minimum atomic E-state index is -2.22. The minimum Gasteiger partial charge on any atom is -1.00 e. The molecule has 8 rings (SSSR count). The molecule has 0 N–H and O–H groups in total. The van der Waals surface area contributed by atoms with Gasteiger partial charge in [0.05, 0.1) is 8.07 Å². The molecule has 0 atom stereocenters. The van der Waals surface area contributed by atoms with Crippen molar-refractivity contribution in [3.05, 3.63) is 145 Å². The van der Waals surface area contributed by atoms with Crippen LogP contribution < -0.4 is 35.2 Å². The van der Waals surface area contributed by atoms with Crippen LogP contribution in [0, 0.1) is 13.8 Å². The second-order valence-electron chi connectivity index (χ2n) is 12.6. The molecule has 0 amide bonds. The van der Waals surface area contributed by atoms with E-state index in [4.69, 9.17) is 0 Å². The summed E-state index contributed by atoms with van der Waals surface area (Å²) in [6, 6.07) is 49.9. The van der Waals surface area contributed by atoms with Crippen molar-refractivity contribution in [1.82, 2.24) is 0 Å². The van der Waals surface area contributed by atoms with E-state index < -0.39 is 8.07 Å². The monoisotopic (exact) mass is 684 g/mol. The summed E-state index contributed by atoms with van der Waals surface area (Å²) in [4.78, 5) is 0. The minimum absolute atomic E-state index is 0. The fourth-order valence-corrected chi connectivity index (χ4v) is 10.8. The van der Waals surface area contributed by atoms with Crippen LogP contribution in [0.2, 0.25) is 13.1 Å². The predicted octanol–water partition coefficient (Wildman–Crippen LogP) is 4.52. The Morgan fingerprint density at radius 3 is 1.26 bits per heavy atom. The summed E-state index contributed by atoms with van der Waals surface area (Å²) in [5, 5.41) is 13.8. The summed E-state index contributed by atoms with van der Waals surface area (Å²) < 4.78 is 0. The Balaban J connectivity index is 0.00000139. The summed E-state index contributed by atoms with van der Waals surface area (Å²) in [6.45, 7) is 9.69. The number of benzene rings is 6. The number of hydrogen-bond donors (Lipinski definition) is 0. The first kappa shape index (κ1) is 33.9. The van der Waals surface area contributed by atoms with Crippen molar-refractivity contribution >= 4 is 61.5 Å². The van der Waals surface area contributed by atoms with E-state index in [0.717, 1.165) is 0 Å². The predicted molar refractivity (Wildman–Crippen MR) is 191 cm³/mol. The van der Waals surface area contributed by atoms with Crippen LogP contribution in [-0.4, -0.2) is 8.07 Å². The van der Waals surface area contributed by atoms with Crippen LogP contribution in [0.5, 0.6) is 0 Å². The van der Waals surface area contributed by atoms with Gasteiger partial charge in [0.2, 0.25) is 0 Å². The molecule has 0 aliphatic carbocycles. The summed E-state index contributed by atoms with van der Waals surface area (Å²) in [5.74, 6) is 0. The Labute approximate surface area is 299 Å². The molecule has 0 nitrogen and oxygen atoms in total. The van der Waals surface area contributed by atoms with Gasteiger partial charge in [-0.1, -0.05) is 146 Å². The number of rotatable bonds is 4. The van der Waals surface area contributed by atoms with Gasteiger partial charge in [-0.3, -0.25) is 0 Å². The van der Waals surface area contributed by atoms with Crippen molar-refractivity contribution in [1.29, 1.82) is 0 Å². The maximum atomic E-state index is 2.56. The van der Waals surface area contributed by atoms with Gasteiger partial charge >= 0.3 is 21.7 Å². The van der Waals surface area contributed by atoms with E-state index in [1.807, 2.05) is 0 Å². The van der Waals surface area contributed by atoms with Crippen LogP contribution >= 0.6 is 0 Å². The van der Waals surface area contributed by atoms with Crippen LogP contribution in [0.4, 0.5) is 0 Å². The van der Waals surface area contributed by atoms with Gasteiger partial charge in [-0.2, -0.15) is 0 Å². The molecule has 4 heteroatoms. The van der Waals surface area contributed by atoms with Gasteiger partial charge in [0, 0.05) is 0 Å². The molecule has 8 aromatic carbocycles. The molecule has 0 aromatic heterocycles. The molecule has 0 saturated heterocycles. The van der Waals surface area contributed by atoms with E-state index in [-0.39, 0.29) is 46.5 Å². The van der Waals surface area contributed by atoms with Gasteiger partial charge in [-0.25, -0.2) is 0 Å². The number of aryl methyl sites for hydroxylation is 2. The van der Waals surface area contributed by atoms with E-state index in [0.29, 0.717) is 0 Å². The topological polar surface area (TPSA) is 0 Å². The third-order valence-electron chi connectivity index (χ3n) is 9.69. The summed E-state index contributed by atoms with van der Waals surface area (Å²) in [6.07, 6.45) is 0. The van der Waals surface area contributed by atoms with Gasteiger partial charge < -0.3 is 24.8 Å². The zero-order valence-electron chi connectivity index (χ0n) is 26.5. The normalized spacial score (nSPS) is 11.4. The van der Waals surface area contributed by atoms with Gasteiger partial charge in [0.25, 0.3) is 0 Å². The average molecular weight is 686 g/mol. The molecule has 0 aliphatic heterocycles. The molecule has 46 heavy (non-hydrogen) atoms. The molecule has 0 fully saturated rings. The van der Waals surface area contributed by atoms with Crippen LogP contribution in [0.15, 0.2) is 133 Å². The zero-order chi connectivity index (χ0) is 29.3. The molecule has 8 aromatic rings. The Morgan fingerprint density at radius 2 is 0.826 bits per heavy atom. The van der Waals surface area contributed by atoms with Crippen molar-refractivity contribution in [2.75, 3.05) is 0 Å². The molecule has 0 unspecified atom stereocenters. The van der Waals surface area contributed by atoms with E-state index in [1.165, 1.54) is 86.8 Å². The van der Waals surface area contributed by atoms with E-state index in [1.54, 1.807) is 0 Å². The van der Waals surface area contributed by atoms with Crippen molar-refractivity contribution in [3.8, 4) is 22.3 Å². The van der Waals surface area contributed by atoms with E-state index in [9.17, 15) is 0 Å². The van der Waals surface area contributed by atoms with Gasteiger partial charge in [-0.05, 0) is 21.5 Å². The largest absolute Gasteiger partial charge is 4.00 e. The van der Waals surface area contributed by atoms with E-state index >= 15 is 0 Å². The first-order chi connectivity index (χ1) is 20.9. The van der Waals surface area contributed by atoms with Crippen LogP contribution in [0.25, 0.3) is 65.3 Å². The molecule has 0 bridgehead atoms.